The van der Waals surface area contributed by atoms with Crippen molar-refractivity contribution in [2.45, 2.75) is 39.0 Å². The van der Waals surface area contributed by atoms with E-state index >= 15 is 0 Å². The Morgan fingerprint density at radius 3 is 2.54 bits per heavy atom. The van der Waals surface area contributed by atoms with Crippen molar-refractivity contribution in [3.63, 3.8) is 0 Å². The molecule has 1 amide bonds. The standard InChI is InChI=1S/C31H42N4O6/c1-24-6-9-27(10-7-24)41-23-31(37)21-33(15-16-35(22-31)30(36)20-38-3)19-26-8-11-28(39-4)29(18-26)40-17-5-13-34-14-12-32-25(34)2/h6-12,14,18,37H,5,13,15-17,19-23H2,1-4H3. The number of carbonyl (C=O) groups excluding carboxylic acids is 1. The lowest BCUT2D eigenvalue weighted by molar-refractivity contribution is -0.138. The van der Waals surface area contributed by atoms with Crippen LogP contribution in [0.5, 0.6) is 17.2 Å². The van der Waals surface area contributed by atoms with E-state index in [1.54, 1.807) is 18.2 Å². The second-order valence-electron chi connectivity index (χ2n) is 10.6. The third kappa shape index (κ3) is 8.69. The van der Waals surface area contributed by atoms with Crippen molar-refractivity contribution in [1.82, 2.24) is 19.4 Å². The topological polar surface area (TPSA) is 98.5 Å². The van der Waals surface area contributed by atoms with Crippen molar-refractivity contribution < 1.29 is 28.8 Å². The number of β-amino-alcohol motifs (C(OH)–C–C–N with tert-alkyl or cyclic N) is 1. The average Bonchev–Trinajstić information content (AvgIpc) is 3.29. The van der Waals surface area contributed by atoms with E-state index < -0.39 is 5.60 Å². The van der Waals surface area contributed by atoms with Crippen molar-refractivity contribution >= 4 is 5.91 Å². The van der Waals surface area contributed by atoms with Crippen LogP contribution in [0, 0.1) is 13.8 Å². The Balaban J connectivity index is 1.43. The van der Waals surface area contributed by atoms with Gasteiger partial charge in [-0.2, -0.15) is 0 Å². The zero-order chi connectivity index (χ0) is 29.2. The van der Waals surface area contributed by atoms with E-state index in [1.807, 2.05) is 62.5 Å². The molecule has 1 aliphatic heterocycles. The van der Waals surface area contributed by atoms with E-state index in [9.17, 15) is 9.90 Å². The van der Waals surface area contributed by atoms with E-state index in [2.05, 4.69) is 14.5 Å². The van der Waals surface area contributed by atoms with Crippen LogP contribution in [0.1, 0.15) is 23.4 Å². The number of carbonyl (C=O) groups is 1. The SMILES string of the molecule is COCC(=O)N1CCN(Cc2ccc(OC)c(OCCCn3ccnc3C)c2)CC(O)(COc2ccc(C)cc2)C1. The highest BCUT2D eigenvalue weighted by Gasteiger charge is 2.37. The lowest BCUT2D eigenvalue weighted by atomic mass is 10.0. The van der Waals surface area contributed by atoms with Crippen molar-refractivity contribution in [2.75, 3.05) is 60.2 Å². The molecular formula is C31H42N4O6. The molecule has 2 aromatic carbocycles. The third-order valence-electron chi connectivity index (χ3n) is 7.20. The highest BCUT2D eigenvalue weighted by atomic mass is 16.5. The molecule has 10 nitrogen and oxygen atoms in total. The third-order valence-corrected chi connectivity index (χ3v) is 7.20. The molecule has 41 heavy (non-hydrogen) atoms. The zero-order valence-electron chi connectivity index (χ0n) is 24.5. The number of methoxy groups -OCH3 is 2. The van der Waals surface area contributed by atoms with E-state index in [1.165, 1.54) is 7.11 Å². The molecular weight excluding hydrogens is 524 g/mol. The summed E-state index contributed by atoms with van der Waals surface area (Å²) in [6.45, 7) is 7.50. The van der Waals surface area contributed by atoms with E-state index in [0.29, 0.717) is 50.0 Å². The summed E-state index contributed by atoms with van der Waals surface area (Å²) in [6, 6.07) is 13.6. The minimum absolute atomic E-state index is 0.0332. The Morgan fingerprint density at radius 1 is 1.02 bits per heavy atom. The fraction of sp³-hybridized carbons (Fsp3) is 0.484. The lowest BCUT2D eigenvalue weighted by Gasteiger charge is -2.33. The summed E-state index contributed by atoms with van der Waals surface area (Å²) < 4.78 is 24.8. The van der Waals surface area contributed by atoms with Gasteiger partial charge >= 0.3 is 0 Å². The molecule has 1 fully saturated rings. The smallest absolute Gasteiger partial charge is 0.248 e. The van der Waals surface area contributed by atoms with E-state index in [-0.39, 0.29) is 25.7 Å². The van der Waals surface area contributed by atoms with Crippen LogP contribution in [0.2, 0.25) is 0 Å². The number of hydrogen-bond donors (Lipinski definition) is 1. The van der Waals surface area contributed by atoms with Crippen molar-refractivity contribution in [3.05, 3.63) is 71.8 Å². The normalized spacial score (nSPS) is 17.7. The number of rotatable bonds is 13. The van der Waals surface area contributed by atoms with Gasteiger partial charge in [-0.1, -0.05) is 23.8 Å². The minimum atomic E-state index is -1.28. The molecule has 0 bridgehead atoms. The second-order valence-corrected chi connectivity index (χ2v) is 10.6. The molecule has 3 aromatic rings. The molecule has 10 heteroatoms. The number of hydrogen-bond acceptors (Lipinski definition) is 8. The van der Waals surface area contributed by atoms with Gasteiger partial charge in [0.15, 0.2) is 11.5 Å². The molecule has 1 saturated heterocycles. The molecule has 4 rings (SSSR count). The number of imidazole rings is 1. The highest BCUT2D eigenvalue weighted by molar-refractivity contribution is 5.77. The Morgan fingerprint density at radius 2 is 1.83 bits per heavy atom. The number of aliphatic hydroxyl groups is 1. The summed E-state index contributed by atoms with van der Waals surface area (Å²) in [5, 5.41) is 11.7. The molecule has 0 spiro atoms. The maximum absolute atomic E-state index is 12.7. The number of benzene rings is 2. The molecule has 0 radical (unpaired) electrons. The van der Waals surface area contributed by atoms with Gasteiger partial charge in [0, 0.05) is 52.2 Å². The average molecular weight is 567 g/mol. The van der Waals surface area contributed by atoms with Crippen LogP contribution >= 0.6 is 0 Å². The largest absolute Gasteiger partial charge is 0.493 e. The molecule has 2 heterocycles. The number of ether oxygens (including phenoxy) is 4. The fourth-order valence-corrected chi connectivity index (χ4v) is 5.00. The fourth-order valence-electron chi connectivity index (χ4n) is 5.00. The van der Waals surface area contributed by atoms with Crippen LogP contribution in [-0.2, 0) is 22.6 Å². The summed E-state index contributed by atoms with van der Waals surface area (Å²) in [5.41, 5.74) is 0.871. The Hall–Kier alpha value is -3.60. The number of nitrogens with zero attached hydrogens (tertiary/aromatic N) is 4. The van der Waals surface area contributed by atoms with Gasteiger partial charge in [0.25, 0.3) is 0 Å². The Labute approximate surface area is 242 Å². The molecule has 1 unspecified atom stereocenters. The molecule has 0 aliphatic carbocycles. The molecule has 1 N–H and O–H groups in total. The van der Waals surface area contributed by atoms with Gasteiger partial charge in [0.2, 0.25) is 5.91 Å². The van der Waals surface area contributed by atoms with Crippen LogP contribution in [0.25, 0.3) is 0 Å². The summed E-state index contributed by atoms with van der Waals surface area (Å²) in [6.07, 6.45) is 4.60. The molecule has 222 valence electrons. The summed E-state index contributed by atoms with van der Waals surface area (Å²) >= 11 is 0. The molecule has 0 saturated carbocycles. The maximum atomic E-state index is 12.7. The van der Waals surface area contributed by atoms with Gasteiger partial charge in [-0.3, -0.25) is 9.69 Å². The van der Waals surface area contributed by atoms with Gasteiger partial charge < -0.3 is 33.5 Å². The summed E-state index contributed by atoms with van der Waals surface area (Å²) in [5.74, 6) is 2.84. The van der Waals surface area contributed by atoms with Gasteiger partial charge in [-0.05, 0) is 50.1 Å². The zero-order valence-corrected chi connectivity index (χ0v) is 24.5. The van der Waals surface area contributed by atoms with Crippen LogP contribution < -0.4 is 14.2 Å². The molecule has 1 aliphatic rings. The van der Waals surface area contributed by atoms with Gasteiger partial charge in [0.05, 0.1) is 20.3 Å². The molecule has 1 aromatic heterocycles. The minimum Gasteiger partial charge on any atom is -0.493 e. The van der Waals surface area contributed by atoms with Crippen molar-refractivity contribution in [1.29, 1.82) is 0 Å². The first-order valence-electron chi connectivity index (χ1n) is 14.0. The highest BCUT2D eigenvalue weighted by Crippen LogP contribution is 2.29. The molecule has 1 atom stereocenters. The monoisotopic (exact) mass is 566 g/mol. The van der Waals surface area contributed by atoms with Gasteiger partial charge in [0.1, 0.15) is 30.4 Å². The Bertz CT molecular complexity index is 1260. The van der Waals surface area contributed by atoms with Crippen LogP contribution in [0.15, 0.2) is 54.9 Å². The first kappa shape index (κ1) is 30.4. The number of aryl methyl sites for hydroxylation is 3. The number of amides is 1. The quantitative estimate of drug-likeness (QED) is 0.315. The first-order valence-corrected chi connectivity index (χ1v) is 14.0. The second kappa shape index (κ2) is 14.3. The first-order chi connectivity index (χ1) is 19.8. The van der Waals surface area contributed by atoms with E-state index in [4.69, 9.17) is 18.9 Å². The van der Waals surface area contributed by atoms with Crippen molar-refractivity contribution in [3.8, 4) is 17.2 Å². The maximum Gasteiger partial charge on any atom is 0.248 e. The van der Waals surface area contributed by atoms with Crippen LogP contribution in [0.4, 0.5) is 0 Å². The van der Waals surface area contributed by atoms with E-state index in [0.717, 1.165) is 29.9 Å². The van der Waals surface area contributed by atoms with Crippen molar-refractivity contribution in [2.24, 2.45) is 0 Å². The predicted octanol–water partition coefficient (Wildman–Crippen LogP) is 3.08. The van der Waals surface area contributed by atoms with Crippen LogP contribution in [0.3, 0.4) is 0 Å². The van der Waals surface area contributed by atoms with Gasteiger partial charge in [-0.25, -0.2) is 4.98 Å². The predicted molar refractivity (Wildman–Crippen MR) is 155 cm³/mol. The number of aromatic nitrogens is 2. The Kier molecular flexibility index (Phi) is 10.6. The van der Waals surface area contributed by atoms with Crippen LogP contribution in [-0.4, -0.2) is 96.2 Å². The summed E-state index contributed by atoms with van der Waals surface area (Å²) in [7, 11) is 3.13. The summed E-state index contributed by atoms with van der Waals surface area (Å²) in [4.78, 5) is 20.8. The van der Waals surface area contributed by atoms with Gasteiger partial charge in [-0.15, -0.1) is 0 Å². The lowest BCUT2D eigenvalue weighted by Crippen LogP contribution is -2.52.